The van der Waals surface area contributed by atoms with E-state index in [1.165, 1.54) is 27.8 Å². The molecule has 0 aliphatic heterocycles. The summed E-state index contributed by atoms with van der Waals surface area (Å²) in [7, 11) is 3.77. The van der Waals surface area contributed by atoms with Gasteiger partial charge >= 0.3 is 0 Å². The van der Waals surface area contributed by atoms with Crippen molar-refractivity contribution in [3.63, 3.8) is 0 Å². The highest BCUT2D eigenvalue weighted by atomic mass is 28.1. The maximum atomic E-state index is 3.77. The van der Waals surface area contributed by atoms with Crippen molar-refractivity contribution in [2.75, 3.05) is 0 Å². The summed E-state index contributed by atoms with van der Waals surface area (Å²) in [6.45, 7) is 6.59. The van der Waals surface area contributed by atoms with Gasteiger partial charge in [-0.05, 0) is 48.6 Å². The van der Waals surface area contributed by atoms with Crippen LogP contribution in [0.5, 0.6) is 0 Å². The Hall–Kier alpha value is -0.606. The van der Waals surface area contributed by atoms with Crippen molar-refractivity contribution in [2.45, 2.75) is 26.3 Å². The van der Waals surface area contributed by atoms with E-state index < -0.39 is 0 Å². The van der Waals surface area contributed by atoms with Crippen LogP contribution in [0.25, 0.3) is 5.57 Å². The second-order valence-corrected chi connectivity index (χ2v) is 4.36. The molecule has 0 fully saturated rings. The molecule has 0 amide bonds. The van der Waals surface area contributed by atoms with E-state index in [4.69, 9.17) is 0 Å². The lowest BCUT2D eigenvalue weighted by molar-refractivity contribution is 1.13. The van der Waals surface area contributed by atoms with Crippen LogP contribution in [-0.4, -0.2) is 21.2 Å². The summed E-state index contributed by atoms with van der Waals surface area (Å²) in [6, 6.07) is 6.52. The monoisotopic (exact) mass is 213 g/mol. The van der Waals surface area contributed by atoms with Crippen LogP contribution in [0.15, 0.2) is 23.8 Å². The number of hydrogen-bond acceptors (Lipinski definition) is 0. The van der Waals surface area contributed by atoms with Gasteiger partial charge in [-0.3, -0.25) is 0 Å². The average molecular weight is 213 g/mol. The summed E-state index contributed by atoms with van der Waals surface area (Å²) >= 11 is 0. The summed E-state index contributed by atoms with van der Waals surface area (Å²) in [4.78, 5) is 0. The van der Waals surface area contributed by atoms with Crippen LogP contribution in [0.2, 0.25) is 0 Å². The molecule has 2 rings (SSSR count). The van der Waals surface area contributed by atoms with Crippen molar-refractivity contribution < 1.29 is 0 Å². The Bertz CT molecular complexity index is 391. The van der Waals surface area contributed by atoms with E-state index in [0.29, 0.717) is 5.54 Å². The highest BCUT2D eigenvalue weighted by molar-refractivity contribution is 6.17. The minimum absolute atomic E-state index is 0. The number of rotatable bonds is 0. The molecule has 2 heteroatoms. The topological polar surface area (TPSA) is 0 Å². The minimum atomic E-state index is 0. The summed E-state index contributed by atoms with van der Waals surface area (Å²) in [5.41, 5.74) is 7.56. The third kappa shape index (κ3) is 1.42. The van der Waals surface area contributed by atoms with Crippen molar-refractivity contribution in [3.05, 3.63) is 40.5 Å². The zero-order valence-electron chi connectivity index (χ0n) is 8.81. The number of benzene rings is 1. The van der Waals surface area contributed by atoms with E-state index in [0.717, 1.165) is 0 Å². The molecule has 0 N–H and O–H groups in total. The summed E-state index contributed by atoms with van der Waals surface area (Å²) in [5, 5.41) is 0. The van der Waals surface area contributed by atoms with E-state index in [2.05, 4.69) is 49.2 Å². The first-order valence-electron chi connectivity index (χ1n) is 4.61. The molecule has 0 saturated carbocycles. The molecule has 7 radical (unpaired) electrons. The number of allylic oxidation sites excluding steroid dienone is 2. The highest BCUT2D eigenvalue weighted by Gasteiger charge is 2.23. The molecular weight excluding hydrogens is 200 g/mol. The first-order chi connectivity index (χ1) is 6.13. The lowest BCUT2D eigenvalue weighted by Gasteiger charge is -2.07. The van der Waals surface area contributed by atoms with Crippen LogP contribution in [0.3, 0.4) is 0 Å². The molecule has 0 bridgehead atoms. The molecule has 0 saturated heterocycles. The Morgan fingerprint density at radius 1 is 1.14 bits per heavy atom. The zero-order valence-corrected chi connectivity index (χ0v) is 10.8. The van der Waals surface area contributed by atoms with Crippen LogP contribution in [-0.2, 0) is 0 Å². The lowest BCUT2D eigenvalue weighted by atomic mass is 10.0. The van der Waals surface area contributed by atoms with Crippen LogP contribution in [0.4, 0.5) is 0 Å². The molecule has 1 aliphatic rings. The average Bonchev–Trinajstić information content (AvgIpc) is 2.33. The van der Waals surface area contributed by atoms with Gasteiger partial charge in [0.1, 0.15) is 0 Å². The lowest BCUT2D eigenvalue weighted by Crippen LogP contribution is -1.95. The SMILES string of the molecule is CC1=C(C)C([Si])c2cccc(C)c21.[Si]. The first-order valence-corrected chi connectivity index (χ1v) is 5.19. The Morgan fingerprint density at radius 2 is 1.79 bits per heavy atom. The molecule has 69 valence electrons. The molecule has 1 aliphatic carbocycles. The fourth-order valence-corrected chi connectivity index (χ4v) is 2.55. The van der Waals surface area contributed by atoms with Gasteiger partial charge in [0.2, 0.25) is 0 Å². The van der Waals surface area contributed by atoms with Crippen LogP contribution >= 0.6 is 0 Å². The molecule has 1 aromatic carbocycles. The van der Waals surface area contributed by atoms with E-state index in [9.17, 15) is 0 Å². The summed E-state index contributed by atoms with van der Waals surface area (Å²) in [5.74, 6) is 0. The largest absolute Gasteiger partial charge is 0.0658 e. The first kappa shape index (κ1) is 11.5. The number of aryl methyl sites for hydroxylation is 1. The highest BCUT2D eigenvalue weighted by Crippen LogP contribution is 2.40. The van der Waals surface area contributed by atoms with Gasteiger partial charge in [-0.1, -0.05) is 23.8 Å². The predicted octanol–water partition coefficient (Wildman–Crippen LogP) is 2.63. The number of fused-ring (bicyclic) bond motifs is 1. The van der Waals surface area contributed by atoms with Gasteiger partial charge < -0.3 is 0 Å². The predicted molar refractivity (Wildman–Crippen MR) is 63.7 cm³/mol. The van der Waals surface area contributed by atoms with Crippen LogP contribution < -0.4 is 0 Å². The van der Waals surface area contributed by atoms with E-state index in [1.807, 2.05) is 0 Å². The standard InChI is InChI=1S/C12H13Si.Si/c1-7-5-4-6-10-11(7)8(2)9(3)12(10)13;/h4-6,12H,1-3H3;. The van der Waals surface area contributed by atoms with Crippen molar-refractivity contribution in [1.82, 2.24) is 0 Å². The molecule has 1 unspecified atom stereocenters. The van der Waals surface area contributed by atoms with Gasteiger partial charge in [-0.25, -0.2) is 0 Å². The Kier molecular flexibility index (Phi) is 3.17. The molecular formula is C12H13Si2. The third-order valence-corrected chi connectivity index (χ3v) is 3.76. The van der Waals surface area contributed by atoms with Gasteiger partial charge in [0, 0.05) is 21.2 Å². The minimum Gasteiger partial charge on any atom is -0.0658 e. The summed E-state index contributed by atoms with van der Waals surface area (Å²) in [6.07, 6.45) is 0. The van der Waals surface area contributed by atoms with E-state index >= 15 is 0 Å². The fraction of sp³-hybridized carbons (Fsp3) is 0.333. The Balaban J connectivity index is 0.000000980. The molecule has 1 atom stereocenters. The molecule has 0 spiro atoms. The Labute approximate surface area is 93.9 Å². The molecule has 1 aromatic rings. The fourth-order valence-electron chi connectivity index (χ4n) is 2.09. The van der Waals surface area contributed by atoms with Crippen molar-refractivity contribution in [2.24, 2.45) is 0 Å². The molecule has 0 nitrogen and oxygen atoms in total. The third-order valence-electron chi connectivity index (χ3n) is 3.02. The summed E-state index contributed by atoms with van der Waals surface area (Å²) < 4.78 is 0. The smallest absolute Gasteiger partial charge is 0.0392 e. The molecule has 14 heavy (non-hydrogen) atoms. The number of hydrogen-bond donors (Lipinski definition) is 0. The quantitative estimate of drug-likeness (QED) is 0.581. The second kappa shape index (κ2) is 3.87. The van der Waals surface area contributed by atoms with Crippen LogP contribution in [0, 0.1) is 6.92 Å². The van der Waals surface area contributed by atoms with Gasteiger partial charge in [-0.2, -0.15) is 0 Å². The molecule has 0 heterocycles. The maximum Gasteiger partial charge on any atom is 0.0392 e. The van der Waals surface area contributed by atoms with Gasteiger partial charge in [0.15, 0.2) is 0 Å². The van der Waals surface area contributed by atoms with Crippen molar-refractivity contribution >= 4 is 26.8 Å². The van der Waals surface area contributed by atoms with Gasteiger partial charge in [-0.15, -0.1) is 0 Å². The van der Waals surface area contributed by atoms with Crippen LogP contribution in [0.1, 0.15) is 36.1 Å². The van der Waals surface area contributed by atoms with Gasteiger partial charge in [0.05, 0.1) is 0 Å². The zero-order chi connectivity index (χ0) is 9.59. The maximum absolute atomic E-state index is 3.77. The molecule has 0 aromatic heterocycles. The van der Waals surface area contributed by atoms with E-state index in [1.54, 1.807) is 0 Å². The van der Waals surface area contributed by atoms with E-state index in [-0.39, 0.29) is 11.0 Å². The second-order valence-electron chi connectivity index (χ2n) is 3.78. The van der Waals surface area contributed by atoms with Crippen molar-refractivity contribution in [1.29, 1.82) is 0 Å². The normalized spacial score (nSPS) is 19.3. The van der Waals surface area contributed by atoms with Gasteiger partial charge in [0.25, 0.3) is 0 Å². The Morgan fingerprint density at radius 3 is 2.36 bits per heavy atom. The van der Waals surface area contributed by atoms with Crippen molar-refractivity contribution in [3.8, 4) is 0 Å².